The fraction of sp³-hybridized carbons (Fsp3) is 0.200. The third-order valence-electron chi connectivity index (χ3n) is 0.918. The highest BCUT2D eigenvalue weighted by Crippen LogP contribution is 2.19. The van der Waals surface area contributed by atoms with Gasteiger partial charge in [-0.05, 0) is 6.92 Å². The van der Waals surface area contributed by atoms with Gasteiger partial charge in [-0.15, -0.1) is 11.3 Å². The average molecular weight is 162 g/mol. The molecular weight excluding hydrogens is 158 g/mol. The Morgan fingerprint density at radius 1 is 1.78 bits per heavy atom. The molecule has 0 unspecified atom stereocenters. The number of carbonyl (C=O) groups excluding carboxylic acids is 1. The molecule has 0 N–H and O–H groups in total. The highest BCUT2D eigenvalue weighted by atomic mass is 35.5. The topological polar surface area (TPSA) is 30.0 Å². The SMILES string of the molecule is Cc1sc(Cl)nc1C=O. The Morgan fingerprint density at radius 2 is 2.44 bits per heavy atom. The van der Waals surface area contributed by atoms with Crippen LogP contribution in [0.1, 0.15) is 15.4 Å². The van der Waals surface area contributed by atoms with Gasteiger partial charge in [-0.3, -0.25) is 4.79 Å². The molecule has 9 heavy (non-hydrogen) atoms. The summed E-state index contributed by atoms with van der Waals surface area (Å²) in [5.74, 6) is 0. The molecule has 0 aliphatic carbocycles. The molecule has 0 aliphatic heterocycles. The molecule has 0 bridgehead atoms. The maximum Gasteiger partial charge on any atom is 0.184 e. The van der Waals surface area contributed by atoms with Gasteiger partial charge in [0.25, 0.3) is 0 Å². The number of aromatic nitrogens is 1. The number of hydrogen-bond acceptors (Lipinski definition) is 3. The monoisotopic (exact) mass is 161 g/mol. The van der Waals surface area contributed by atoms with E-state index in [1.165, 1.54) is 11.3 Å². The first-order valence-corrected chi connectivity index (χ1v) is 3.51. The minimum absolute atomic E-state index is 0.426. The second kappa shape index (κ2) is 2.45. The number of nitrogens with zero attached hydrogens (tertiary/aromatic N) is 1. The van der Waals surface area contributed by atoms with Gasteiger partial charge in [0.2, 0.25) is 0 Å². The maximum absolute atomic E-state index is 10.1. The molecule has 4 heteroatoms. The van der Waals surface area contributed by atoms with Crippen LogP contribution in [-0.2, 0) is 0 Å². The van der Waals surface area contributed by atoms with E-state index in [-0.39, 0.29) is 0 Å². The van der Waals surface area contributed by atoms with Gasteiger partial charge in [-0.2, -0.15) is 0 Å². The number of aldehydes is 1. The molecule has 0 saturated heterocycles. The van der Waals surface area contributed by atoms with Crippen molar-refractivity contribution in [2.75, 3.05) is 0 Å². The quantitative estimate of drug-likeness (QED) is 0.589. The van der Waals surface area contributed by atoms with E-state index in [1.807, 2.05) is 6.92 Å². The molecule has 0 spiro atoms. The van der Waals surface area contributed by atoms with Crippen LogP contribution in [0.2, 0.25) is 4.47 Å². The summed E-state index contributed by atoms with van der Waals surface area (Å²) in [4.78, 5) is 14.7. The molecule has 0 atom stereocenters. The zero-order valence-corrected chi connectivity index (χ0v) is 6.29. The highest BCUT2D eigenvalue weighted by molar-refractivity contribution is 7.15. The highest BCUT2D eigenvalue weighted by Gasteiger charge is 2.02. The summed E-state index contributed by atoms with van der Waals surface area (Å²) >= 11 is 6.81. The number of aryl methyl sites for hydroxylation is 1. The molecule has 0 fully saturated rings. The first-order valence-electron chi connectivity index (χ1n) is 2.32. The fourth-order valence-electron chi connectivity index (χ4n) is 0.484. The van der Waals surface area contributed by atoms with E-state index in [0.717, 1.165) is 4.88 Å². The van der Waals surface area contributed by atoms with Crippen molar-refractivity contribution < 1.29 is 4.79 Å². The first-order chi connectivity index (χ1) is 4.24. The number of thiazole rings is 1. The van der Waals surface area contributed by atoms with E-state index in [4.69, 9.17) is 11.6 Å². The summed E-state index contributed by atoms with van der Waals surface area (Å²) in [5, 5.41) is 0. The smallest absolute Gasteiger partial charge is 0.184 e. The van der Waals surface area contributed by atoms with Crippen molar-refractivity contribution in [3.8, 4) is 0 Å². The lowest BCUT2D eigenvalue weighted by Gasteiger charge is -1.76. The van der Waals surface area contributed by atoms with Crippen molar-refractivity contribution in [2.45, 2.75) is 6.92 Å². The second-order valence-electron chi connectivity index (χ2n) is 1.53. The molecule has 0 aromatic carbocycles. The van der Waals surface area contributed by atoms with Crippen LogP contribution >= 0.6 is 22.9 Å². The standard InChI is InChI=1S/C5H4ClNOS/c1-3-4(2-8)7-5(6)9-3/h2H,1H3. The van der Waals surface area contributed by atoms with E-state index >= 15 is 0 Å². The molecule has 0 radical (unpaired) electrons. The van der Waals surface area contributed by atoms with Gasteiger partial charge in [0.15, 0.2) is 10.8 Å². The molecule has 0 saturated carbocycles. The normalized spacial score (nSPS) is 9.56. The number of rotatable bonds is 1. The van der Waals surface area contributed by atoms with Crippen LogP contribution in [0.3, 0.4) is 0 Å². The predicted molar refractivity (Wildman–Crippen MR) is 37.2 cm³/mol. The Kier molecular flexibility index (Phi) is 1.83. The van der Waals surface area contributed by atoms with Crippen molar-refractivity contribution in [3.05, 3.63) is 15.0 Å². The van der Waals surface area contributed by atoms with E-state index in [0.29, 0.717) is 16.4 Å². The van der Waals surface area contributed by atoms with Crippen molar-refractivity contribution in [2.24, 2.45) is 0 Å². The molecule has 0 aliphatic rings. The van der Waals surface area contributed by atoms with Gasteiger partial charge >= 0.3 is 0 Å². The van der Waals surface area contributed by atoms with Crippen LogP contribution in [0.15, 0.2) is 0 Å². The minimum atomic E-state index is 0.426. The Bertz CT molecular complexity index is 233. The lowest BCUT2D eigenvalue weighted by molar-refractivity contribution is 0.111. The van der Waals surface area contributed by atoms with Crippen LogP contribution in [0.5, 0.6) is 0 Å². The minimum Gasteiger partial charge on any atom is -0.296 e. The van der Waals surface area contributed by atoms with Crippen molar-refractivity contribution in [1.82, 2.24) is 4.98 Å². The summed E-state index contributed by atoms with van der Waals surface area (Å²) in [6.07, 6.45) is 0.706. The first kappa shape index (κ1) is 6.71. The van der Waals surface area contributed by atoms with Gasteiger partial charge in [-0.25, -0.2) is 4.98 Å². The number of carbonyl (C=O) groups is 1. The van der Waals surface area contributed by atoms with Gasteiger partial charge in [0.05, 0.1) is 0 Å². The zero-order chi connectivity index (χ0) is 6.85. The lowest BCUT2D eigenvalue weighted by atomic mass is 10.4. The molecular formula is C5H4ClNOS. The largest absolute Gasteiger partial charge is 0.296 e. The lowest BCUT2D eigenvalue weighted by Crippen LogP contribution is -1.79. The predicted octanol–water partition coefficient (Wildman–Crippen LogP) is 1.92. The molecule has 1 rings (SSSR count). The molecule has 1 aromatic heterocycles. The fourth-order valence-corrected chi connectivity index (χ4v) is 1.52. The van der Waals surface area contributed by atoms with E-state index in [2.05, 4.69) is 4.98 Å². The molecule has 0 amide bonds. The Morgan fingerprint density at radius 3 is 2.67 bits per heavy atom. The Hall–Kier alpha value is -0.410. The van der Waals surface area contributed by atoms with Crippen molar-refractivity contribution >= 4 is 29.2 Å². The number of hydrogen-bond donors (Lipinski definition) is 0. The Balaban J connectivity index is 3.15. The van der Waals surface area contributed by atoms with Gasteiger partial charge < -0.3 is 0 Å². The molecule has 48 valence electrons. The van der Waals surface area contributed by atoms with E-state index < -0.39 is 0 Å². The third kappa shape index (κ3) is 1.28. The van der Waals surface area contributed by atoms with Crippen molar-refractivity contribution in [1.29, 1.82) is 0 Å². The summed E-state index contributed by atoms with van der Waals surface area (Å²) in [5.41, 5.74) is 0.449. The molecule has 1 heterocycles. The van der Waals surface area contributed by atoms with Crippen LogP contribution < -0.4 is 0 Å². The van der Waals surface area contributed by atoms with E-state index in [1.54, 1.807) is 0 Å². The summed E-state index contributed by atoms with van der Waals surface area (Å²) < 4.78 is 0.426. The summed E-state index contributed by atoms with van der Waals surface area (Å²) in [7, 11) is 0. The van der Waals surface area contributed by atoms with Gasteiger partial charge in [0, 0.05) is 4.88 Å². The zero-order valence-electron chi connectivity index (χ0n) is 4.72. The average Bonchev–Trinajstić information content (AvgIpc) is 2.10. The summed E-state index contributed by atoms with van der Waals surface area (Å²) in [6.45, 7) is 1.81. The van der Waals surface area contributed by atoms with Crippen LogP contribution in [-0.4, -0.2) is 11.3 Å². The molecule has 2 nitrogen and oxygen atoms in total. The molecule has 1 aromatic rings. The van der Waals surface area contributed by atoms with Gasteiger partial charge in [0.1, 0.15) is 5.69 Å². The van der Waals surface area contributed by atoms with Crippen LogP contribution in [0.4, 0.5) is 0 Å². The van der Waals surface area contributed by atoms with Crippen molar-refractivity contribution in [3.63, 3.8) is 0 Å². The van der Waals surface area contributed by atoms with Gasteiger partial charge in [-0.1, -0.05) is 11.6 Å². The van der Waals surface area contributed by atoms with Crippen LogP contribution in [0.25, 0.3) is 0 Å². The van der Waals surface area contributed by atoms with E-state index in [9.17, 15) is 4.79 Å². The number of halogens is 1. The summed E-state index contributed by atoms with van der Waals surface area (Å²) in [6, 6.07) is 0. The second-order valence-corrected chi connectivity index (χ2v) is 3.31. The third-order valence-corrected chi connectivity index (χ3v) is 2.01. The Labute approximate surface area is 61.5 Å². The maximum atomic E-state index is 10.1. The van der Waals surface area contributed by atoms with Crippen LogP contribution in [0, 0.1) is 6.92 Å².